The third-order valence-corrected chi connectivity index (χ3v) is 3.31. The first-order chi connectivity index (χ1) is 10.2. The molecule has 0 fully saturated rings. The number of aryl methyl sites for hydroxylation is 1. The van der Waals surface area contributed by atoms with Crippen LogP contribution in [0.15, 0.2) is 60.8 Å². The van der Waals surface area contributed by atoms with Gasteiger partial charge in [0.05, 0.1) is 5.56 Å². The van der Waals surface area contributed by atoms with Crippen LogP contribution < -0.4 is 0 Å². The highest BCUT2D eigenvalue weighted by atomic mass is 16.5. The van der Waals surface area contributed by atoms with Crippen molar-refractivity contribution in [1.82, 2.24) is 4.98 Å². The van der Waals surface area contributed by atoms with E-state index in [0.717, 1.165) is 22.0 Å². The van der Waals surface area contributed by atoms with E-state index in [9.17, 15) is 4.79 Å². The van der Waals surface area contributed by atoms with E-state index in [1.54, 1.807) is 6.07 Å². The molecule has 0 aliphatic rings. The number of aromatic nitrogens is 1. The van der Waals surface area contributed by atoms with Gasteiger partial charge < -0.3 is 4.74 Å². The van der Waals surface area contributed by atoms with E-state index >= 15 is 0 Å². The summed E-state index contributed by atoms with van der Waals surface area (Å²) in [4.78, 5) is 16.4. The number of hydrogen-bond acceptors (Lipinski definition) is 3. The molecule has 0 spiro atoms. The number of pyridine rings is 1. The van der Waals surface area contributed by atoms with Crippen LogP contribution in [0.4, 0.5) is 0 Å². The average molecular weight is 277 g/mol. The van der Waals surface area contributed by atoms with Gasteiger partial charge in [0, 0.05) is 17.3 Å². The van der Waals surface area contributed by atoms with Gasteiger partial charge in [-0.3, -0.25) is 4.98 Å². The molecule has 0 amide bonds. The van der Waals surface area contributed by atoms with Gasteiger partial charge in [-0.25, -0.2) is 4.79 Å². The third kappa shape index (κ3) is 3.08. The monoisotopic (exact) mass is 277 g/mol. The first-order valence-electron chi connectivity index (χ1n) is 6.80. The second-order valence-corrected chi connectivity index (χ2v) is 4.95. The van der Waals surface area contributed by atoms with Crippen LogP contribution in [0.25, 0.3) is 10.8 Å². The van der Waals surface area contributed by atoms with E-state index in [2.05, 4.69) is 4.98 Å². The van der Waals surface area contributed by atoms with Crippen LogP contribution in [0.2, 0.25) is 0 Å². The first kappa shape index (κ1) is 13.3. The van der Waals surface area contributed by atoms with Gasteiger partial charge in [0.25, 0.3) is 0 Å². The molecule has 2 aromatic carbocycles. The van der Waals surface area contributed by atoms with Crippen LogP contribution in [-0.4, -0.2) is 11.0 Å². The van der Waals surface area contributed by atoms with Crippen molar-refractivity contribution in [1.29, 1.82) is 0 Å². The number of fused-ring (bicyclic) bond motifs is 1. The summed E-state index contributed by atoms with van der Waals surface area (Å²) in [5.41, 5.74) is 2.47. The SMILES string of the molecule is Cc1cc2cc(C(=O)OCc3ccccc3)ccc2cn1. The maximum Gasteiger partial charge on any atom is 0.338 e. The maximum atomic E-state index is 12.1. The van der Waals surface area contributed by atoms with Gasteiger partial charge in [0.2, 0.25) is 0 Å². The minimum atomic E-state index is -0.310. The molecule has 0 bridgehead atoms. The number of nitrogens with zero attached hydrogens (tertiary/aromatic N) is 1. The summed E-state index contributed by atoms with van der Waals surface area (Å²) in [7, 11) is 0. The van der Waals surface area contributed by atoms with Crippen LogP contribution in [0.1, 0.15) is 21.6 Å². The fourth-order valence-electron chi connectivity index (χ4n) is 2.18. The Balaban J connectivity index is 1.78. The molecule has 0 saturated carbocycles. The van der Waals surface area contributed by atoms with E-state index in [1.165, 1.54) is 0 Å². The summed E-state index contributed by atoms with van der Waals surface area (Å²) in [6.45, 7) is 2.22. The zero-order valence-corrected chi connectivity index (χ0v) is 11.7. The van der Waals surface area contributed by atoms with Gasteiger partial charge in [-0.05, 0) is 36.1 Å². The molecule has 0 aliphatic heterocycles. The third-order valence-electron chi connectivity index (χ3n) is 3.31. The highest BCUT2D eigenvalue weighted by Crippen LogP contribution is 2.17. The Morgan fingerprint density at radius 1 is 1.05 bits per heavy atom. The molecule has 0 saturated heterocycles. The van der Waals surface area contributed by atoms with Gasteiger partial charge in [0.15, 0.2) is 0 Å². The number of benzene rings is 2. The molecular weight excluding hydrogens is 262 g/mol. The Morgan fingerprint density at radius 2 is 1.86 bits per heavy atom. The Morgan fingerprint density at radius 3 is 2.67 bits per heavy atom. The van der Waals surface area contributed by atoms with Crippen molar-refractivity contribution in [3.63, 3.8) is 0 Å². The van der Waals surface area contributed by atoms with Crippen LogP contribution in [0.3, 0.4) is 0 Å². The van der Waals surface area contributed by atoms with Crippen molar-refractivity contribution in [2.75, 3.05) is 0 Å². The topological polar surface area (TPSA) is 39.2 Å². The van der Waals surface area contributed by atoms with E-state index in [0.29, 0.717) is 5.56 Å². The second-order valence-electron chi connectivity index (χ2n) is 4.95. The minimum absolute atomic E-state index is 0.285. The number of esters is 1. The van der Waals surface area contributed by atoms with Crippen molar-refractivity contribution in [2.45, 2.75) is 13.5 Å². The highest BCUT2D eigenvalue weighted by Gasteiger charge is 2.08. The Bertz CT molecular complexity index is 782. The lowest BCUT2D eigenvalue weighted by molar-refractivity contribution is 0.0473. The quantitative estimate of drug-likeness (QED) is 0.681. The maximum absolute atomic E-state index is 12.1. The van der Waals surface area contributed by atoms with Crippen LogP contribution in [0.5, 0.6) is 0 Å². The Labute approximate surface area is 123 Å². The Hall–Kier alpha value is -2.68. The standard InChI is InChI=1S/C18H15NO2/c1-13-9-17-10-15(7-8-16(17)11-19-13)18(20)21-12-14-5-3-2-4-6-14/h2-11H,12H2,1H3. The molecule has 0 aliphatic carbocycles. The van der Waals surface area contributed by atoms with Crippen molar-refractivity contribution in [3.05, 3.63) is 77.6 Å². The van der Waals surface area contributed by atoms with Gasteiger partial charge in [-0.2, -0.15) is 0 Å². The molecule has 3 rings (SSSR count). The lowest BCUT2D eigenvalue weighted by Gasteiger charge is -2.06. The molecule has 1 aromatic heterocycles. The molecule has 3 heteroatoms. The zero-order valence-electron chi connectivity index (χ0n) is 11.7. The smallest absolute Gasteiger partial charge is 0.338 e. The van der Waals surface area contributed by atoms with Crippen LogP contribution >= 0.6 is 0 Å². The molecule has 3 nitrogen and oxygen atoms in total. The fourth-order valence-corrected chi connectivity index (χ4v) is 2.18. The average Bonchev–Trinajstić information content (AvgIpc) is 2.53. The molecule has 0 atom stereocenters. The molecule has 0 radical (unpaired) electrons. The lowest BCUT2D eigenvalue weighted by Crippen LogP contribution is -2.05. The lowest BCUT2D eigenvalue weighted by atomic mass is 10.1. The van der Waals surface area contributed by atoms with E-state index in [-0.39, 0.29) is 12.6 Å². The second kappa shape index (κ2) is 5.75. The van der Waals surface area contributed by atoms with Crippen molar-refractivity contribution in [2.24, 2.45) is 0 Å². The molecule has 3 aromatic rings. The van der Waals surface area contributed by atoms with E-state index < -0.39 is 0 Å². The molecule has 21 heavy (non-hydrogen) atoms. The largest absolute Gasteiger partial charge is 0.457 e. The Kier molecular flexibility index (Phi) is 3.65. The summed E-state index contributed by atoms with van der Waals surface area (Å²) >= 11 is 0. The number of rotatable bonds is 3. The number of carbonyl (C=O) groups is 1. The molecule has 104 valence electrons. The minimum Gasteiger partial charge on any atom is -0.457 e. The highest BCUT2D eigenvalue weighted by molar-refractivity contribution is 5.95. The number of hydrogen-bond donors (Lipinski definition) is 0. The van der Waals surface area contributed by atoms with Crippen molar-refractivity contribution >= 4 is 16.7 Å². The van der Waals surface area contributed by atoms with Gasteiger partial charge >= 0.3 is 5.97 Å². The molecule has 0 unspecified atom stereocenters. The van der Waals surface area contributed by atoms with Crippen LogP contribution in [0, 0.1) is 6.92 Å². The first-order valence-corrected chi connectivity index (χ1v) is 6.80. The summed E-state index contributed by atoms with van der Waals surface area (Å²) in [5.74, 6) is -0.310. The summed E-state index contributed by atoms with van der Waals surface area (Å²) in [5, 5.41) is 2.01. The normalized spacial score (nSPS) is 10.5. The summed E-state index contributed by atoms with van der Waals surface area (Å²) in [6, 6.07) is 17.1. The van der Waals surface area contributed by atoms with Crippen molar-refractivity contribution < 1.29 is 9.53 Å². The predicted molar refractivity (Wildman–Crippen MR) is 82.0 cm³/mol. The zero-order chi connectivity index (χ0) is 14.7. The summed E-state index contributed by atoms with van der Waals surface area (Å²) < 4.78 is 5.34. The fraction of sp³-hybridized carbons (Fsp3) is 0.111. The van der Waals surface area contributed by atoms with E-state index in [4.69, 9.17) is 4.74 Å². The predicted octanol–water partition coefficient (Wildman–Crippen LogP) is 3.90. The van der Waals surface area contributed by atoms with Crippen LogP contribution in [-0.2, 0) is 11.3 Å². The van der Waals surface area contributed by atoms with E-state index in [1.807, 2.05) is 61.7 Å². The van der Waals surface area contributed by atoms with Gasteiger partial charge in [-0.1, -0.05) is 36.4 Å². The van der Waals surface area contributed by atoms with Gasteiger partial charge in [0.1, 0.15) is 6.61 Å². The van der Waals surface area contributed by atoms with Gasteiger partial charge in [-0.15, -0.1) is 0 Å². The molecule has 1 heterocycles. The van der Waals surface area contributed by atoms with Crippen molar-refractivity contribution in [3.8, 4) is 0 Å². The molecule has 0 N–H and O–H groups in total. The number of carbonyl (C=O) groups excluding carboxylic acids is 1. The summed E-state index contributed by atoms with van der Waals surface area (Å²) in [6.07, 6.45) is 1.81. The molecular formula is C18H15NO2. The number of ether oxygens (including phenoxy) is 1.